The summed E-state index contributed by atoms with van der Waals surface area (Å²) in [6.45, 7) is 10.2. The molecule has 2 aliphatic rings. The van der Waals surface area contributed by atoms with Crippen LogP contribution in [0.5, 0.6) is 0 Å². The second-order valence-corrected chi connectivity index (χ2v) is 10.8. The van der Waals surface area contributed by atoms with Gasteiger partial charge >= 0.3 is 8.72 Å². The Morgan fingerprint density at radius 3 is 1.29 bits per heavy atom. The molecule has 24 heavy (non-hydrogen) atoms. The highest BCUT2D eigenvalue weighted by molar-refractivity contribution is 6.70. The Labute approximate surface area is 151 Å². The second-order valence-electron chi connectivity index (χ2n) is 7.77. The van der Waals surface area contributed by atoms with E-state index >= 15 is 0 Å². The molecule has 2 aliphatic carbocycles. The minimum absolute atomic E-state index is 0.790. The highest BCUT2D eigenvalue weighted by atomic mass is 28.4. The van der Waals surface area contributed by atoms with Crippen LogP contribution in [0.1, 0.15) is 91.4 Å². The molecule has 0 heterocycles. The summed E-state index contributed by atoms with van der Waals surface area (Å²) in [7, 11) is -2.03. The molecule has 2 saturated carbocycles. The van der Waals surface area contributed by atoms with Gasteiger partial charge in [-0.2, -0.15) is 0 Å². The maximum atomic E-state index is 4.05. The Bertz CT molecular complexity index is 290. The Balaban J connectivity index is 2.27. The molecule has 3 N–H and O–H groups in total. The maximum Gasteiger partial charge on any atom is 0.369 e. The molecule has 0 aromatic carbocycles. The lowest BCUT2D eigenvalue weighted by molar-refractivity contribution is 0.220. The number of rotatable bonds is 12. The predicted octanol–water partition coefficient (Wildman–Crippen LogP) is 3.61. The van der Waals surface area contributed by atoms with E-state index in [1.54, 1.807) is 0 Å². The molecule has 5 heteroatoms. The molecule has 0 bridgehead atoms. The molecule has 2 fully saturated rings. The van der Waals surface area contributed by atoms with Crippen LogP contribution in [0.2, 0.25) is 0 Å². The fourth-order valence-corrected chi connectivity index (χ4v) is 8.96. The van der Waals surface area contributed by atoms with Crippen molar-refractivity contribution in [2.75, 3.05) is 19.6 Å². The van der Waals surface area contributed by atoms with Crippen molar-refractivity contribution in [2.24, 2.45) is 0 Å². The average molecular weight is 355 g/mol. The summed E-state index contributed by atoms with van der Waals surface area (Å²) in [5, 5.41) is 0. The van der Waals surface area contributed by atoms with Gasteiger partial charge in [0, 0.05) is 12.1 Å². The molecule has 0 atom stereocenters. The Morgan fingerprint density at radius 1 is 0.667 bits per heavy atom. The molecule has 0 aliphatic heterocycles. The summed E-state index contributed by atoms with van der Waals surface area (Å²) in [6, 6.07) is 1.58. The monoisotopic (exact) mass is 354 g/mol. The number of hydrogen-bond donors (Lipinski definition) is 3. The van der Waals surface area contributed by atoms with E-state index in [2.05, 4.69) is 40.3 Å². The fourth-order valence-electron chi connectivity index (χ4n) is 4.59. The predicted molar refractivity (Wildman–Crippen MR) is 107 cm³/mol. The van der Waals surface area contributed by atoms with Gasteiger partial charge in [0.1, 0.15) is 0 Å². The normalized spacial score (nSPS) is 20.5. The summed E-state index contributed by atoms with van der Waals surface area (Å²) in [4.78, 5) is 12.1. The zero-order valence-corrected chi connectivity index (χ0v) is 17.5. The van der Waals surface area contributed by atoms with Gasteiger partial charge in [0.2, 0.25) is 0 Å². The summed E-state index contributed by atoms with van der Waals surface area (Å²) in [5.74, 6) is 0. The van der Waals surface area contributed by atoms with Gasteiger partial charge in [0.05, 0.1) is 0 Å². The maximum absolute atomic E-state index is 4.05. The minimum Gasteiger partial charge on any atom is -0.301 e. The number of nitrogens with zero attached hydrogens (tertiary/aromatic N) is 1. The quantitative estimate of drug-likeness (QED) is 0.468. The summed E-state index contributed by atoms with van der Waals surface area (Å²) in [6.07, 6.45) is 14.9. The zero-order chi connectivity index (χ0) is 17.3. The van der Waals surface area contributed by atoms with Gasteiger partial charge in [0.15, 0.2) is 0 Å². The first kappa shape index (κ1) is 20.4. The molecular weight excluding hydrogens is 312 g/mol. The third kappa shape index (κ3) is 5.28. The van der Waals surface area contributed by atoms with Crippen LogP contribution in [0.25, 0.3) is 0 Å². The van der Waals surface area contributed by atoms with Crippen LogP contribution >= 0.6 is 0 Å². The van der Waals surface area contributed by atoms with Crippen molar-refractivity contribution in [3.63, 3.8) is 0 Å². The fraction of sp³-hybridized carbons (Fsp3) is 1.00. The molecule has 142 valence electrons. The van der Waals surface area contributed by atoms with E-state index in [0.29, 0.717) is 0 Å². The van der Waals surface area contributed by atoms with Crippen molar-refractivity contribution < 1.29 is 0 Å². The highest BCUT2D eigenvalue weighted by Crippen LogP contribution is 2.33. The Hall–Kier alpha value is 0.0569. The van der Waals surface area contributed by atoms with Crippen molar-refractivity contribution in [3.05, 3.63) is 0 Å². The molecule has 0 unspecified atom stereocenters. The van der Waals surface area contributed by atoms with Gasteiger partial charge in [0.25, 0.3) is 0 Å². The molecule has 0 saturated heterocycles. The second kappa shape index (κ2) is 10.9. The van der Waals surface area contributed by atoms with Crippen molar-refractivity contribution >= 4 is 8.72 Å². The van der Waals surface area contributed by atoms with Crippen LogP contribution in [0.15, 0.2) is 0 Å². The Morgan fingerprint density at radius 2 is 1.00 bits per heavy atom. The van der Waals surface area contributed by atoms with Crippen LogP contribution in [0.4, 0.5) is 0 Å². The zero-order valence-electron chi connectivity index (χ0n) is 16.5. The smallest absolute Gasteiger partial charge is 0.301 e. The lowest BCUT2D eigenvalue weighted by atomic mass is 10.2. The van der Waals surface area contributed by atoms with Crippen molar-refractivity contribution in [2.45, 2.75) is 103 Å². The first-order chi connectivity index (χ1) is 11.8. The molecule has 0 amide bonds. The van der Waals surface area contributed by atoms with Gasteiger partial charge in [-0.15, -0.1) is 0 Å². The third-order valence-corrected chi connectivity index (χ3v) is 9.51. The molecule has 0 radical (unpaired) electrons. The standard InChI is InChI=1S/C19H42N4Si/c1-4-15-20-24(21-16-5-2,22-17-6-3)23(18-11-7-8-12-18)19-13-9-10-14-19/h18-22H,4-17H2,1-3H3. The molecule has 2 rings (SSSR count). The largest absolute Gasteiger partial charge is 0.369 e. The Kier molecular flexibility index (Phi) is 9.26. The van der Waals surface area contributed by atoms with Gasteiger partial charge in [-0.1, -0.05) is 46.5 Å². The van der Waals surface area contributed by atoms with Crippen LogP contribution in [0.3, 0.4) is 0 Å². The molecular formula is C19H42N4Si. The average Bonchev–Trinajstić information content (AvgIpc) is 3.30. The van der Waals surface area contributed by atoms with Gasteiger partial charge in [-0.3, -0.25) is 4.57 Å². The molecule has 0 aromatic rings. The van der Waals surface area contributed by atoms with E-state index < -0.39 is 8.72 Å². The van der Waals surface area contributed by atoms with Crippen LogP contribution in [-0.4, -0.2) is 45.0 Å². The summed E-state index contributed by atoms with van der Waals surface area (Å²) < 4.78 is 2.99. The number of nitrogens with one attached hydrogen (secondary N) is 3. The molecule has 0 spiro atoms. The van der Waals surface area contributed by atoms with E-state index in [1.807, 2.05) is 0 Å². The molecule has 4 nitrogen and oxygen atoms in total. The topological polar surface area (TPSA) is 39.3 Å². The third-order valence-electron chi connectivity index (χ3n) is 5.72. The molecule has 0 aromatic heterocycles. The lowest BCUT2D eigenvalue weighted by Crippen LogP contribution is -2.84. The van der Waals surface area contributed by atoms with Gasteiger partial charge < -0.3 is 14.9 Å². The summed E-state index contributed by atoms with van der Waals surface area (Å²) >= 11 is 0. The lowest BCUT2D eigenvalue weighted by Gasteiger charge is -2.49. The van der Waals surface area contributed by atoms with Crippen molar-refractivity contribution in [1.82, 2.24) is 19.5 Å². The van der Waals surface area contributed by atoms with Crippen molar-refractivity contribution in [3.8, 4) is 0 Å². The van der Waals surface area contributed by atoms with E-state index in [1.165, 1.54) is 70.6 Å². The van der Waals surface area contributed by atoms with Gasteiger partial charge in [-0.05, 0) is 64.6 Å². The van der Waals surface area contributed by atoms with E-state index in [0.717, 1.165) is 31.7 Å². The van der Waals surface area contributed by atoms with Crippen LogP contribution in [-0.2, 0) is 0 Å². The SMILES string of the molecule is CCCN[Si](NCCC)(NCCC)N(C1CCCC1)C1CCCC1. The minimum atomic E-state index is -2.03. The van der Waals surface area contributed by atoms with Gasteiger partial charge in [-0.25, -0.2) is 0 Å². The van der Waals surface area contributed by atoms with E-state index in [4.69, 9.17) is 0 Å². The van der Waals surface area contributed by atoms with Crippen molar-refractivity contribution in [1.29, 1.82) is 0 Å². The first-order valence-electron chi connectivity index (χ1n) is 10.8. The van der Waals surface area contributed by atoms with E-state index in [9.17, 15) is 0 Å². The van der Waals surface area contributed by atoms with Crippen LogP contribution in [0, 0.1) is 0 Å². The van der Waals surface area contributed by atoms with E-state index in [-0.39, 0.29) is 0 Å². The first-order valence-corrected chi connectivity index (χ1v) is 12.8. The number of hydrogen-bond acceptors (Lipinski definition) is 4. The van der Waals surface area contributed by atoms with Crippen LogP contribution < -0.4 is 14.9 Å². The highest BCUT2D eigenvalue weighted by Gasteiger charge is 2.48. The summed E-state index contributed by atoms with van der Waals surface area (Å²) in [5.41, 5.74) is 0.